The fourth-order valence-corrected chi connectivity index (χ4v) is 0.968. The zero-order valence-corrected chi connectivity index (χ0v) is 7.88. The van der Waals surface area contributed by atoms with E-state index in [0.717, 1.165) is 0 Å². The third kappa shape index (κ3) is 2.82. The first-order valence-corrected chi connectivity index (χ1v) is 4.20. The van der Waals surface area contributed by atoms with Crippen molar-refractivity contribution in [3.63, 3.8) is 0 Å². The molecule has 0 aliphatic carbocycles. The van der Waals surface area contributed by atoms with E-state index >= 15 is 0 Å². The Balaban J connectivity index is 2.90. The molecule has 0 aliphatic heterocycles. The molecule has 0 bridgehead atoms. The normalized spacial score (nSPS) is 8.62. The van der Waals surface area contributed by atoms with Crippen molar-refractivity contribution in [2.45, 2.75) is 0 Å². The van der Waals surface area contributed by atoms with E-state index in [0.29, 0.717) is 18.0 Å². The Morgan fingerprint density at radius 1 is 1.54 bits per heavy atom. The molecule has 0 unspecified atom stereocenters. The van der Waals surface area contributed by atoms with E-state index in [4.69, 9.17) is 4.74 Å². The number of aliphatic imine (C=N–C) groups is 1. The first kappa shape index (κ1) is 9.65. The Hall–Kier alpha value is -1.44. The molecule has 0 saturated carbocycles. The predicted molar refractivity (Wildman–Crippen MR) is 56.8 cm³/mol. The fourth-order valence-electron chi connectivity index (χ4n) is 0.869. The summed E-state index contributed by atoms with van der Waals surface area (Å²) >= 11 is 4.51. The fraction of sp³-hybridized carbons (Fsp3) is 0.100. The average molecular weight is 191 g/mol. The van der Waals surface area contributed by atoms with Gasteiger partial charge in [-0.05, 0) is 24.4 Å². The molecule has 0 amide bonds. The number of nitrogens with zero attached hydrogens (tertiary/aromatic N) is 1. The molecule has 0 heterocycles. The van der Waals surface area contributed by atoms with E-state index < -0.39 is 0 Å². The summed E-state index contributed by atoms with van der Waals surface area (Å²) in [5.74, 6) is 0.694. The van der Waals surface area contributed by atoms with Crippen LogP contribution in [0.4, 0.5) is 5.69 Å². The van der Waals surface area contributed by atoms with Crippen molar-refractivity contribution in [3.05, 3.63) is 36.9 Å². The molecule has 1 rings (SSSR count). The quantitative estimate of drug-likeness (QED) is 0.414. The number of hydrogen-bond donors (Lipinski definition) is 0. The minimum absolute atomic E-state index is 0.462. The number of isothiocyanates is 1. The zero-order chi connectivity index (χ0) is 9.52. The van der Waals surface area contributed by atoms with Crippen LogP contribution >= 0.6 is 12.2 Å². The highest BCUT2D eigenvalue weighted by atomic mass is 32.1. The number of para-hydroxylation sites is 2. The van der Waals surface area contributed by atoms with E-state index in [9.17, 15) is 0 Å². The number of ether oxygens (including phenoxy) is 1. The first-order valence-electron chi connectivity index (χ1n) is 3.79. The Morgan fingerprint density at radius 2 is 2.31 bits per heavy atom. The van der Waals surface area contributed by atoms with Gasteiger partial charge < -0.3 is 4.74 Å². The van der Waals surface area contributed by atoms with Gasteiger partial charge >= 0.3 is 0 Å². The lowest BCUT2D eigenvalue weighted by Crippen LogP contribution is -1.92. The van der Waals surface area contributed by atoms with Gasteiger partial charge in [0.25, 0.3) is 0 Å². The van der Waals surface area contributed by atoms with E-state index in [1.54, 1.807) is 6.08 Å². The van der Waals surface area contributed by atoms with Crippen molar-refractivity contribution in [1.29, 1.82) is 0 Å². The zero-order valence-electron chi connectivity index (χ0n) is 7.06. The van der Waals surface area contributed by atoms with Crippen LogP contribution in [0.25, 0.3) is 0 Å². The Labute approximate surface area is 82.6 Å². The highest BCUT2D eigenvalue weighted by Crippen LogP contribution is 2.25. The van der Waals surface area contributed by atoms with Gasteiger partial charge in [0, 0.05) is 0 Å². The molecule has 1 aromatic carbocycles. The molecular weight excluding hydrogens is 182 g/mol. The summed E-state index contributed by atoms with van der Waals surface area (Å²) in [5.41, 5.74) is 0.694. The summed E-state index contributed by atoms with van der Waals surface area (Å²) in [4.78, 5) is 3.87. The second kappa shape index (κ2) is 5.25. The van der Waals surface area contributed by atoms with Gasteiger partial charge in [-0.2, -0.15) is 4.99 Å². The maximum Gasteiger partial charge on any atom is 0.146 e. The topological polar surface area (TPSA) is 21.6 Å². The number of rotatable bonds is 4. The van der Waals surface area contributed by atoms with E-state index in [1.807, 2.05) is 24.3 Å². The lowest BCUT2D eigenvalue weighted by Gasteiger charge is -2.04. The molecule has 0 aromatic heterocycles. The van der Waals surface area contributed by atoms with Crippen LogP contribution in [0, 0.1) is 0 Å². The van der Waals surface area contributed by atoms with Gasteiger partial charge in [-0.15, -0.1) is 0 Å². The highest BCUT2D eigenvalue weighted by molar-refractivity contribution is 7.78. The standard InChI is InChI=1S/C10H9NOS/c1-2-7-12-10-6-4-3-5-9(10)11-8-13/h2-6H,1,7H2. The Bertz CT molecular complexity index is 343. The summed E-state index contributed by atoms with van der Waals surface area (Å²) in [6, 6.07) is 7.39. The van der Waals surface area contributed by atoms with Crippen LogP contribution in [0.2, 0.25) is 0 Å². The van der Waals surface area contributed by atoms with E-state index in [-0.39, 0.29) is 0 Å². The largest absolute Gasteiger partial charge is 0.487 e. The van der Waals surface area contributed by atoms with Gasteiger partial charge in [0.15, 0.2) is 0 Å². The monoisotopic (exact) mass is 191 g/mol. The van der Waals surface area contributed by atoms with Gasteiger partial charge in [0.05, 0.1) is 5.16 Å². The number of benzene rings is 1. The van der Waals surface area contributed by atoms with Crippen LogP contribution in [-0.4, -0.2) is 11.8 Å². The van der Waals surface area contributed by atoms with Crippen molar-refractivity contribution in [1.82, 2.24) is 0 Å². The molecule has 0 N–H and O–H groups in total. The van der Waals surface area contributed by atoms with Crippen LogP contribution < -0.4 is 4.74 Å². The third-order valence-electron chi connectivity index (χ3n) is 1.39. The molecule has 0 saturated heterocycles. The van der Waals surface area contributed by atoms with Crippen LogP contribution in [0.15, 0.2) is 41.9 Å². The van der Waals surface area contributed by atoms with Gasteiger partial charge in [0.2, 0.25) is 0 Å². The summed E-state index contributed by atoms with van der Waals surface area (Å²) in [6.45, 7) is 4.02. The van der Waals surface area contributed by atoms with Crippen LogP contribution in [0.3, 0.4) is 0 Å². The van der Waals surface area contributed by atoms with Crippen LogP contribution in [-0.2, 0) is 0 Å². The van der Waals surface area contributed by atoms with Gasteiger partial charge in [0.1, 0.15) is 18.0 Å². The lowest BCUT2D eigenvalue weighted by atomic mass is 10.3. The predicted octanol–water partition coefficient (Wildman–Crippen LogP) is 2.99. The molecule has 0 aliphatic rings. The summed E-state index contributed by atoms with van der Waals surface area (Å²) in [7, 11) is 0. The van der Waals surface area contributed by atoms with Gasteiger partial charge in [-0.3, -0.25) is 0 Å². The van der Waals surface area contributed by atoms with Crippen LogP contribution in [0.5, 0.6) is 5.75 Å². The summed E-state index contributed by atoms with van der Waals surface area (Å²) in [5, 5.41) is 2.30. The molecule has 0 atom stereocenters. The second-order valence-corrected chi connectivity index (χ2v) is 2.45. The average Bonchev–Trinajstić information content (AvgIpc) is 2.17. The molecule has 0 radical (unpaired) electrons. The molecule has 0 fully saturated rings. The number of thiocarbonyl (C=S) groups is 1. The van der Waals surface area contributed by atoms with Crippen molar-refractivity contribution in [2.75, 3.05) is 6.61 Å². The first-order chi connectivity index (χ1) is 6.38. The van der Waals surface area contributed by atoms with E-state index in [1.165, 1.54) is 0 Å². The SMILES string of the molecule is C=CCOc1ccccc1N=C=S. The molecule has 3 heteroatoms. The highest BCUT2D eigenvalue weighted by Gasteiger charge is 1.98. The van der Waals surface area contributed by atoms with Gasteiger partial charge in [-0.1, -0.05) is 24.8 Å². The summed E-state index contributed by atoms with van der Waals surface area (Å²) < 4.78 is 5.34. The molecule has 1 aromatic rings. The van der Waals surface area contributed by atoms with Crippen LogP contribution in [0.1, 0.15) is 0 Å². The minimum atomic E-state index is 0.462. The van der Waals surface area contributed by atoms with Crippen molar-refractivity contribution in [2.24, 2.45) is 4.99 Å². The third-order valence-corrected chi connectivity index (χ3v) is 1.48. The van der Waals surface area contributed by atoms with Crippen molar-refractivity contribution in [3.8, 4) is 5.75 Å². The molecule has 13 heavy (non-hydrogen) atoms. The molecular formula is C10H9NOS. The molecule has 2 nitrogen and oxygen atoms in total. The number of hydrogen-bond acceptors (Lipinski definition) is 3. The maximum absolute atomic E-state index is 5.34. The molecule has 66 valence electrons. The van der Waals surface area contributed by atoms with Crippen molar-refractivity contribution < 1.29 is 4.74 Å². The van der Waals surface area contributed by atoms with Crippen molar-refractivity contribution >= 4 is 23.1 Å². The van der Waals surface area contributed by atoms with E-state index in [2.05, 4.69) is 29.0 Å². The Morgan fingerprint density at radius 3 is 3.00 bits per heavy atom. The second-order valence-electron chi connectivity index (χ2n) is 2.27. The Kier molecular flexibility index (Phi) is 3.89. The smallest absolute Gasteiger partial charge is 0.146 e. The van der Waals surface area contributed by atoms with Gasteiger partial charge in [-0.25, -0.2) is 0 Å². The summed E-state index contributed by atoms with van der Waals surface area (Å²) in [6.07, 6.45) is 1.68. The molecule has 0 spiro atoms. The maximum atomic E-state index is 5.34. The lowest BCUT2D eigenvalue weighted by molar-refractivity contribution is 0.364. The minimum Gasteiger partial charge on any atom is -0.487 e.